The quantitative estimate of drug-likeness (QED) is 0.121. The Morgan fingerprint density at radius 3 is 1.24 bits per heavy atom. The number of benzene rings is 5. The molecule has 262 valence electrons. The molecule has 0 aromatic heterocycles. The van der Waals surface area contributed by atoms with Crippen LogP contribution in [0.15, 0.2) is 139 Å². The monoisotopic (exact) mass is 792 g/mol. The molecule has 0 bridgehead atoms. The van der Waals surface area contributed by atoms with E-state index in [2.05, 4.69) is 12.2 Å². The molecule has 0 spiro atoms. The first-order valence-corrected chi connectivity index (χ1v) is 31.1. The van der Waals surface area contributed by atoms with Crippen molar-refractivity contribution in [2.24, 2.45) is 0 Å². The van der Waals surface area contributed by atoms with Crippen LogP contribution in [0.3, 0.4) is 0 Å². The maximum absolute atomic E-state index is 13.9. The molecule has 51 heavy (non-hydrogen) atoms. The van der Waals surface area contributed by atoms with E-state index < -0.39 is 46.0 Å². The van der Waals surface area contributed by atoms with Gasteiger partial charge in [-0.3, -0.25) is 0 Å². The molecule has 2 unspecified atom stereocenters. The van der Waals surface area contributed by atoms with Gasteiger partial charge in [0.05, 0.1) is 0 Å². The molecule has 2 nitrogen and oxygen atoms in total. The number of halogens is 6. The van der Waals surface area contributed by atoms with Crippen LogP contribution in [0, 0.1) is 0 Å². The average molecular weight is 794 g/mol. The normalized spacial score (nSPS) is 19.4. The first-order chi connectivity index (χ1) is 23.8. The molecule has 0 heterocycles. The number of rotatable bonds is 7. The first-order valence-electron chi connectivity index (χ1n) is 16.6. The Bertz CT molecular complexity index is 2250. The fourth-order valence-electron chi connectivity index (χ4n) is 9.96. The van der Waals surface area contributed by atoms with E-state index in [1.807, 2.05) is 97.3 Å². The van der Waals surface area contributed by atoms with Crippen molar-refractivity contribution >= 4 is 22.3 Å². The van der Waals surface area contributed by atoms with Crippen LogP contribution in [-0.4, -0.2) is 6.88 Å². The van der Waals surface area contributed by atoms with Crippen molar-refractivity contribution < 1.29 is 47.3 Å². The second-order valence-corrected chi connectivity index (χ2v) is 53.1. The van der Waals surface area contributed by atoms with E-state index in [0.29, 0.717) is 3.27 Å². The number of alkyl halides is 6. The van der Waals surface area contributed by atoms with Gasteiger partial charge in [0.15, 0.2) is 0 Å². The molecular formula is C41H36F6O2SiZr. The van der Waals surface area contributed by atoms with E-state index in [9.17, 15) is 26.3 Å². The summed E-state index contributed by atoms with van der Waals surface area (Å²) >= 11 is -7.59. The second-order valence-electron chi connectivity index (χ2n) is 15.2. The van der Waals surface area contributed by atoms with Crippen LogP contribution in [0.1, 0.15) is 54.5 Å². The van der Waals surface area contributed by atoms with Gasteiger partial charge in [0.2, 0.25) is 0 Å². The zero-order valence-electron chi connectivity index (χ0n) is 28.2. The zero-order valence-corrected chi connectivity index (χ0v) is 32.1. The molecular weight excluding hydrogens is 758 g/mol. The predicted octanol–water partition coefficient (Wildman–Crippen LogP) is 11.0. The Hall–Kier alpha value is -4.14. The summed E-state index contributed by atoms with van der Waals surface area (Å²) in [6.45, 7) is 5.67. The van der Waals surface area contributed by atoms with E-state index in [1.54, 1.807) is 6.88 Å². The SMILES string of the molecule is CC1=Cc2ccccc2[CH]1[Zr]([CH3])(=[SiH2])([O]c1ccc(C(F)(F)F)cc1)([O]c1ccc(C(F)(F)F)cc1)([c]1ccccc1)[CH]1C(C)=Cc2ccccc21. The Labute approximate surface area is 289 Å². The van der Waals surface area contributed by atoms with E-state index in [0.717, 1.165) is 57.7 Å². The number of hydrogen-bond donors (Lipinski definition) is 0. The Balaban J connectivity index is 1.72. The summed E-state index contributed by atoms with van der Waals surface area (Å²) in [5, 5.41) is 0. The molecule has 2 atom stereocenters. The van der Waals surface area contributed by atoms with Crippen LogP contribution >= 0.6 is 0 Å². The third-order valence-corrected chi connectivity index (χ3v) is 45.5. The molecule has 10 heteroatoms. The van der Waals surface area contributed by atoms with E-state index >= 15 is 0 Å². The van der Waals surface area contributed by atoms with Crippen molar-refractivity contribution in [3.63, 3.8) is 0 Å². The van der Waals surface area contributed by atoms with Gasteiger partial charge in [-0.2, -0.15) is 0 Å². The van der Waals surface area contributed by atoms with Gasteiger partial charge in [-0.15, -0.1) is 0 Å². The van der Waals surface area contributed by atoms with Crippen LogP contribution in [0.2, 0.25) is 4.63 Å². The molecule has 2 aliphatic rings. The van der Waals surface area contributed by atoms with Gasteiger partial charge >= 0.3 is 291 Å². The van der Waals surface area contributed by atoms with Gasteiger partial charge < -0.3 is 0 Å². The topological polar surface area (TPSA) is 18.5 Å². The van der Waals surface area contributed by atoms with E-state index in [1.165, 1.54) is 24.3 Å². The molecule has 0 radical (unpaired) electrons. The van der Waals surface area contributed by atoms with Gasteiger partial charge in [-0.05, 0) is 0 Å². The number of fused-ring (bicyclic) bond motifs is 2. The molecule has 5 aromatic carbocycles. The van der Waals surface area contributed by atoms with Crippen LogP contribution in [0.25, 0.3) is 12.2 Å². The third-order valence-electron chi connectivity index (χ3n) is 11.6. The van der Waals surface area contributed by atoms with Gasteiger partial charge in [0.25, 0.3) is 0 Å². The van der Waals surface area contributed by atoms with Crippen molar-refractivity contribution in [2.75, 3.05) is 0 Å². The molecule has 0 saturated carbocycles. The summed E-state index contributed by atoms with van der Waals surface area (Å²) in [7, 11) is 0. The standard InChI is InChI=1S/2C10H9.2C7H5F3O.C6H5.CH3.H2Si.Zr/c2*1-8-6-9-4-2-3-5-10(9)7-8;2*8-7(9,10)5-1-3-6(11)4-2-5;1-2-4-6-5-3-1;;;/h2*2-7H,1H3;2*1-4,11H;1-5H;1H3;1H2;/q;;;;;;;+2/p-2. The van der Waals surface area contributed by atoms with Crippen LogP contribution < -0.4 is 8.90 Å². The van der Waals surface area contributed by atoms with Crippen molar-refractivity contribution in [3.8, 4) is 11.5 Å². The van der Waals surface area contributed by atoms with Crippen LogP contribution in [0.4, 0.5) is 26.3 Å². The molecule has 2 aliphatic carbocycles. The molecule has 0 amide bonds. The fraction of sp³-hybridized carbons (Fsp3) is 0.171. The fourth-order valence-corrected chi connectivity index (χ4v) is 47.8. The molecule has 5 aromatic rings. The Kier molecular flexibility index (Phi) is 7.40. The van der Waals surface area contributed by atoms with E-state index in [-0.39, 0.29) is 11.5 Å². The van der Waals surface area contributed by atoms with E-state index in [4.69, 9.17) is 5.63 Å². The summed E-state index contributed by atoms with van der Waals surface area (Å²) in [4.78, 5) is 0. The first kappa shape index (κ1) is 35.3. The maximum atomic E-state index is 13.9. The predicted molar refractivity (Wildman–Crippen MR) is 190 cm³/mol. The van der Waals surface area contributed by atoms with Crippen molar-refractivity contribution in [1.82, 2.24) is 0 Å². The summed E-state index contributed by atoms with van der Waals surface area (Å²) in [6.07, 6.45) is -5.01. The second kappa shape index (κ2) is 10.7. The summed E-state index contributed by atoms with van der Waals surface area (Å²) in [5.41, 5.74) is 3.77. The molecule has 7 rings (SSSR count). The van der Waals surface area contributed by atoms with Gasteiger partial charge in [0.1, 0.15) is 0 Å². The van der Waals surface area contributed by atoms with Crippen LogP contribution in [0.5, 0.6) is 11.5 Å². The third kappa shape index (κ3) is 4.92. The average Bonchev–Trinajstić information content (AvgIpc) is 3.62. The van der Waals surface area contributed by atoms with Crippen molar-refractivity contribution in [2.45, 2.75) is 38.1 Å². The number of allylic oxidation sites excluding steroid dienone is 2. The molecule has 0 N–H and O–H groups in total. The minimum absolute atomic E-state index is 0.146. The van der Waals surface area contributed by atoms with Gasteiger partial charge in [-0.1, -0.05) is 0 Å². The minimum atomic E-state index is -7.59. The Morgan fingerprint density at radius 2 is 0.863 bits per heavy atom. The van der Waals surface area contributed by atoms with Crippen molar-refractivity contribution in [1.29, 1.82) is 0 Å². The molecule has 0 saturated heterocycles. The molecule has 0 fully saturated rings. The summed E-state index contributed by atoms with van der Waals surface area (Å²) in [6, 6.07) is 34.6. The Morgan fingerprint density at radius 1 is 0.510 bits per heavy atom. The van der Waals surface area contributed by atoms with Gasteiger partial charge in [-0.25, -0.2) is 0 Å². The summed E-state index contributed by atoms with van der Waals surface area (Å²) < 4.78 is 101. The number of hydrogen-bond acceptors (Lipinski definition) is 2. The van der Waals surface area contributed by atoms with Crippen LogP contribution in [-0.2, 0) is 27.7 Å². The molecule has 0 aliphatic heterocycles. The van der Waals surface area contributed by atoms with Gasteiger partial charge in [0, 0.05) is 0 Å². The summed E-state index contributed by atoms with van der Waals surface area (Å²) in [5.74, 6) is 0.292. The van der Waals surface area contributed by atoms with Crippen molar-refractivity contribution in [3.05, 3.63) is 172 Å². The zero-order chi connectivity index (χ0) is 36.6.